The van der Waals surface area contributed by atoms with Crippen LogP contribution in [-0.4, -0.2) is 267 Å². The SMILES string of the molecule is O=C(CCCC[C@H]1SC[C@H]2NC(=O)N[C@H]21)NCCOCCOCCOCCOCCC(=O)NCCOCCOCCOCCOCCNc1c(NCCCCCCO[C@]2(C(=O)O)C[C@H](O)[C@@H](NC(=O)CF)[C@H]([C@H](O)[C@H](O)CNC(=O)Cc3ccc(-c4ccccc4)cc3)O2)c(=O)c1=O. The van der Waals surface area contributed by atoms with Gasteiger partial charge in [0.25, 0.3) is 22.6 Å². The van der Waals surface area contributed by atoms with Crippen LogP contribution in [0.3, 0.4) is 0 Å². The number of rotatable bonds is 55. The Morgan fingerprint density at radius 1 is 0.592 bits per heavy atom. The fourth-order valence-electron chi connectivity index (χ4n) is 10.9. The number of aliphatic carboxylic acids is 1. The molecule has 0 spiro atoms. The summed E-state index contributed by atoms with van der Waals surface area (Å²) in [6, 6.07) is 15.6. The van der Waals surface area contributed by atoms with Gasteiger partial charge in [-0.1, -0.05) is 73.9 Å². The maximum absolute atomic E-state index is 13.3. The first-order chi connectivity index (χ1) is 47.6. The van der Waals surface area contributed by atoms with Crippen LogP contribution in [0.15, 0.2) is 64.2 Å². The first-order valence-corrected chi connectivity index (χ1v) is 34.6. The minimum atomic E-state index is -2.55. The summed E-state index contributed by atoms with van der Waals surface area (Å²) in [6.07, 6.45) is -2.85. The lowest BCUT2D eigenvalue weighted by atomic mass is 9.88. The Hall–Kier alpha value is -6.50. The molecule has 0 saturated carbocycles. The van der Waals surface area contributed by atoms with Crippen molar-refractivity contribution in [2.75, 3.05) is 168 Å². The molecule has 12 N–H and O–H groups in total. The number of fused-ring (bicyclic) bond motifs is 1. The highest BCUT2D eigenvalue weighted by atomic mass is 32.2. The van der Waals surface area contributed by atoms with E-state index in [-0.39, 0.29) is 87.1 Å². The van der Waals surface area contributed by atoms with Crippen LogP contribution in [0.2, 0.25) is 0 Å². The Labute approximate surface area is 573 Å². The number of alkyl halides is 1. The summed E-state index contributed by atoms with van der Waals surface area (Å²) in [5.74, 6) is -5.14. The van der Waals surface area contributed by atoms with Crippen molar-refractivity contribution in [3.63, 3.8) is 0 Å². The van der Waals surface area contributed by atoms with Crippen LogP contribution in [0.5, 0.6) is 0 Å². The van der Waals surface area contributed by atoms with E-state index in [1.54, 1.807) is 12.1 Å². The molecule has 0 aliphatic carbocycles. The van der Waals surface area contributed by atoms with Crippen molar-refractivity contribution in [3.05, 3.63) is 80.6 Å². The van der Waals surface area contributed by atoms with Gasteiger partial charge in [0, 0.05) is 63.0 Å². The predicted molar refractivity (Wildman–Crippen MR) is 358 cm³/mol. The highest BCUT2D eigenvalue weighted by molar-refractivity contribution is 8.00. The van der Waals surface area contributed by atoms with E-state index < -0.39 is 84.5 Å². The van der Waals surface area contributed by atoms with Crippen LogP contribution in [0.1, 0.15) is 69.8 Å². The van der Waals surface area contributed by atoms with Crippen LogP contribution in [0.25, 0.3) is 11.1 Å². The van der Waals surface area contributed by atoms with Crippen molar-refractivity contribution in [3.8, 4) is 11.1 Å². The average Bonchev–Trinajstić information content (AvgIpc) is 1.08. The highest BCUT2D eigenvalue weighted by Gasteiger charge is 2.56. The molecule has 3 fully saturated rings. The molecule has 548 valence electrons. The van der Waals surface area contributed by atoms with E-state index in [2.05, 4.69) is 42.5 Å². The minimum Gasteiger partial charge on any atom is -0.477 e. The number of carboxylic acids is 1. The maximum Gasteiger partial charge on any atom is 0.364 e. The van der Waals surface area contributed by atoms with Crippen molar-refractivity contribution in [1.29, 1.82) is 0 Å². The fraction of sp³-hybridized carbons (Fsp3) is 0.667. The molecule has 0 bridgehead atoms. The van der Waals surface area contributed by atoms with Gasteiger partial charge >= 0.3 is 12.0 Å². The van der Waals surface area contributed by atoms with E-state index >= 15 is 0 Å². The number of hydrogen-bond donors (Lipinski definition) is 12. The zero-order valence-electron chi connectivity index (χ0n) is 55.5. The Kier molecular flexibility index (Phi) is 37.8. The zero-order valence-corrected chi connectivity index (χ0v) is 56.3. The third-order valence-electron chi connectivity index (χ3n) is 16.1. The topological polar surface area (TPSA) is 406 Å². The normalized spacial score (nSPS) is 20.2. The average molecular weight is 1410 g/mol. The number of nitrogens with one attached hydrogen (secondary N) is 8. The summed E-state index contributed by atoms with van der Waals surface area (Å²) in [5, 5.41) is 66.2. The minimum absolute atomic E-state index is 0.00792. The quantitative estimate of drug-likeness (QED) is 0.0205. The molecule has 98 heavy (non-hydrogen) atoms. The monoisotopic (exact) mass is 1410 g/mol. The smallest absolute Gasteiger partial charge is 0.364 e. The van der Waals surface area contributed by atoms with Crippen LogP contribution < -0.4 is 53.4 Å². The number of carbonyl (C=O) groups is 6. The summed E-state index contributed by atoms with van der Waals surface area (Å²) in [6.45, 7) is 4.60. The van der Waals surface area contributed by atoms with Crippen molar-refractivity contribution in [1.82, 2.24) is 31.9 Å². The lowest BCUT2D eigenvalue weighted by Gasteiger charge is -2.46. The molecule has 0 aromatic heterocycles. The number of thioether (sulfide) groups is 1. The van der Waals surface area contributed by atoms with Crippen LogP contribution >= 0.6 is 11.8 Å². The van der Waals surface area contributed by atoms with Gasteiger partial charge in [-0.05, 0) is 42.4 Å². The number of hydrogen-bond acceptors (Lipinski definition) is 24. The Balaban J connectivity index is 0.681. The van der Waals surface area contributed by atoms with E-state index in [4.69, 9.17) is 47.4 Å². The van der Waals surface area contributed by atoms with E-state index in [0.717, 1.165) is 36.1 Å². The van der Waals surface area contributed by atoms with E-state index in [1.807, 2.05) is 54.2 Å². The number of amides is 6. The molecular formula is C66H99FN8O22S. The van der Waals surface area contributed by atoms with Gasteiger partial charge in [0.15, 0.2) is 6.67 Å². The molecule has 3 aliphatic heterocycles. The molecular weight excluding hydrogens is 1310 g/mol. The van der Waals surface area contributed by atoms with Crippen molar-refractivity contribution >= 4 is 58.8 Å². The first-order valence-electron chi connectivity index (χ1n) is 33.6. The number of urea groups is 1. The molecule has 30 nitrogen and oxygen atoms in total. The van der Waals surface area contributed by atoms with Gasteiger partial charge < -0.3 is 110 Å². The second kappa shape index (κ2) is 46.0. The number of halogens is 1. The summed E-state index contributed by atoms with van der Waals surface area (Å²) in [4.78, 5) is 98.0. The molecule has 9 atom stereocenters. The molecule has 0 radical (unpaired) electrons. The van der Waals surface area contributed by atoms with Gasteiger partial charge in [-0.3, -0.25) is 28.8 Å². The number of carbonyl (C=O) groups excluding carboxylic acids is 5. The second-order valence-electron chi connectivity index (χ2n) is 23.5. The van der Waals surface area contributed by atoms with Gasteiger partial charge in [0.2, 0.25) is 17.7 Å². The fourth-order valence-corrected chi connectivity index (χ4v) is 12.4. The second-order valence-corrected chi connectivity index (χ2v) is 24.8. The van der Waals surface area contributed by atoms with Crippen LogP contribution in [0.4, 0.5) is 20.6 Å². The Morgan fingerprint density at radius 3 is 1.72 bits per heavy atom. The number of anilines is 2. The summed E-state index contributed by atoms with van der Waals surface area (Å²) in [5.41, 5.74) is 1.62. The lowest BCUT2D eigenvalue weighted by molar-refractivity contribution is -0.310. The Bertz CT molecular complexity index is 2900. The number of carboxylic acid groups (broad SMARTS) is 1. The molecule has 0 unspecified atom stereocenters. The lowest BCUT2D eigenvalue weighted by Crippen LogP contribution is -2.68. The summed E-state index contributed by atoms with van der Waals surface area (Å²) >= 11 is 1.88. The molecule has 3 aromatic rings. The number of unbranched alkanes of at least 4 members (excludes halogenated alkanes) is 4. The molecule has 3 aliphatic rings. The summed E-state index contributed by atoms with van der Waals surface area (Å²) in [7, 11) is 0. The third-order valence-corrected chi connectivity index (χ3v) is 17.6. The highest BCUT2D eigenvalue weighted by Crippen LogP contribution is 2.35. The number of aliphatic hydroxyl groups excluding tert-OH is 3. The van der Waals surface area contributed by atoms with Gasteiger partial charge in [-0.2, -0.15) is 11.8 Å². The maximum atomic E-state index is 13.3. The summed E-state index contributed by atoms with van der Waals surface area (Å²) < 4.78 is 68.9. The molecule has 6 amide bonds. The van der Waals surface area contributed by atoms with Crippen molar-refractivity contribution < 1.29 is 101 Å². The first kappa shape index (κ1) is 80.5. The van der Waals surface area contributed by atoms with Gasteiger partial charge in [-0.25, -0.2) is 14.0 Å². The number of benzene rings is 2. The molecule has 32 heteroatoms. The van der Waals surface area contributed by atoms with E-state index in [1.165, 1.54) is 0 Å². The van der Waals surface area contributed by atoms with Crippen LogP contribution in [0, 0.1) is 0 Å². The van der Waals surface area contributed by atoms with Crippen molar-refractivity contribution in [2.45, 2.75) is 124 Å². The molecule has 6 rings (SSSR count). The predicted octanol–water partition coefficient (Wildman–Crippen LogP) is 0.297. The Morgan fingerprint density at radius 2 is 1.13 bits per heavy atom. The zero-order chi connectivity index (χ0) is 70.2. The van der Waals surface area contributed by atoms with Gasteiger partial charge in [0.1, 0.15) is 23.6 Å². The standard InChI is InChI=1S/C66H99FN8O22S/c67-42-55(81)74-57-49(76)41-66(64(85)86,97-63(57)60(82)50(77)43-72-54(80)40-45-14-16-47(17-15-45)46-10-4-3-5-11-46)96-23-9-2-1-8-19-70-58-59(62(84)61(58)83)71-22-27-91-31-35-95-39-38-94-34-30-90-26-21-69-53(79)18-24-88-28-32-92-36-37-93-33-29-89-25-20-68-52(78)13-7-6-12-51-56-48(44-98-51)73-65(87)75-56/h3-5,10-11,14-17,48-51,56-57,60,63,70-71,76-77,82H,1-2,6-9,12-13,18-44H2,(H,68,78)(H,69,79)(H,72,80)(H,74,81)(H,85,86)(H2,73,75,87)/t48-,49+,50-,51-,56-,57-,60-,63-,66-/m1/s1. The van der Waals surface area contributed by atoms with E-state index in [9.17, 15) is 63.2 Å². The van der Waals surface area contributed by atoms with E-state index in [0.29, 0.717) is 148 Å². The number of aliphatic hydroxyl groups is 3. The largest absolute Gasteiger partial charge is 0.477 e. The molecule has 3 aromatic carbocycles. The molecule has 3 saturated heterocycles. The van der Waals surface area contributed by atoms with Crippen LogP contribution in [-0.2, 0) is 77.8 Å². The van der Waals surface area contributed by atoms with Gasteiger partial charge in [0.05, 0.1) is 149 Å². The van der Waals surface area contributed by atoms with Crippen molar-refractivity contribution in [2.24, 2.45) is 0 Å². The third kappa shape index (κ3) is 29.0. The molecule has 3 heterocycles. The number of ether oxygens (including phenoxy) is 10. The van der Waals surface area contributed by atoms with Gasteiger partial charge in [-0.15, -0.1) is 0 Å².